The number of benzene rings is 1. The fourth-order valence-electron chi connectivity index (χ4n) is 3.88. The van der Waals surface area contributed by atoms with Gasteiger partial charge in [-0.25, -0.2) is 9.50 Å². The van der Waals surface area contributed by atoms with E-state index < -0.39 is 0 Å². The van der Waals surface area contributed by atoms with Crippen LogP contribution in [0.3, 0.4) is 0 Å². The van der Waals surface area contributed by atoms with E-state index in [2.05, 4.69) is 40.4 Å². The Kier molecular flexibility index (Phi) is 4.45. The molecule has 1 aromatic carbocycles. The highest BCUT2D eigenvalue weighted by molar-refractivity contribution is 5.99. The fourth-order valence-corrected chi connectivity index (χ4v) is 3.88. The minimum absolute atomic E-state index is 0.0515. The number of likely N-dealkylation sites (tertiary alicyclic amines) is 1. The molecule has 3 aromatic rings. The molecule has 5 nitrogen and oxygen atoms in total. The second-order valence-electron chi connectivity index (χ2n) is 7.26. The van der Waals surface area contributed by atoms with Crippen molar-refractivity contribution >= 4 is 11.6 Å². The Balaban J connectivity index is 1.46. The van der Waals surface area contributed by atoms with Gasteiger partial charge < -0.3 is 4.90 Å². The van der Waals surface area contributed by atoms with E-state index in [9.17, 15) is 4.79 Å². The molecule has 1 fully saturated rings. The predicted molar refractivity (Wildman–Crippen MR) is 101 cm³/mol. The molecule has 0 saturated carbocycles. The largest absolute Gasteiger partial charge is 0.338 e. The molecule has 2 aromatic heterocycles. The molecular formula is C21H24N4O. The minimum Gasteiger partial charge on any atom is -0.338 e. The Morgan fingerprint density at radius 2 is 1.88 bits per heavy atom. The number of carbonyl (C=O) groups is 1. The first-order valence-electron chi connectivity index (χ1n) is 9.27. The zero-order valence-electron chi connectivity index (χ0n) is 15.4. The van der Waals surface area contributed by atoms with Crippen LogP contribution in [0.15, 0.2) is 42.6 Å². The summed E-state index contributed by atoms with van der Waals surface area (Å²) in [5.41, 5.74) is 4.56. The lowest BCUT2D eigenvalue weighted by molar-refractivity contribution is 0.0692. The van der Waals surface area contributed by atoms with E-state index in [1.807, 2.05) is 24.8 Å². The Labute approximate surface area is 153 Å². The third-order valence-electron chi connectivity index (χ3n) is 5.28. The quantitative estimate of drug-likeness (QED) is 0.728. The van der Waals surface area contributed by atoms with E-state index in [1.54, 1.807) is 10.7 Å². The molecule has 0 bridgehead atoms. The number of nitrogens with zero attached hydrogens (tertiary/aromatic N) is 4. The molecule has 5 heteroatoms. The number of hydrogen-bond acceptors (Lipinski definition) is 3. The molecule has 1 saturated heterocycles. The summed E-state index contributed by atoms with van der Waals surface area (Å²) in [6.45, 7) is 5.54. The lowest BCUT2D eigenvalue weighted by atomic mass is 9.90. The van der Waals surface area contributed by atoms with E-state index in [-0.39, 0.29) is 5.91 Å². The Hall–Kier alpha value is -2.69. The second-order valence-corrected chi connectivity index (χ2v) is 7.26. The molecule has 26 heavy (non-hydrogen) atoms. The van der Waals surface area contributed by atoms with E-state index in [4.69, 9.17) is 0 Å². The zero-order valence-corrected chi connectivity index (χ0v) is 15.4. The monoisotopic (exact) mass is 348 g/mol. The average Bonchev–Trinajstić information content (AvgIpc) is 3.07. The molecule has 134 valence electrons. The van der Waals surface area contributed by atoms with Crippen molar-refractivity contribution in [1.29, 1.82) is 0 Å². The molecule has 1 aliphatic rings. The first-order valence-corrected chi connectivity index (χ1v) is 9.27. The van der Waals surface area contributed by atoms with Crippen LogP contribution in [0.2, 0.25) is 0 Å². The maximum atomic E-state index is 13.0. The van der Waals surface area contributed by atoms with Crippen LogP contribution >= 0.6 is 0 Å². The van der Waals surface area contributed by atoms with E-state index in [0.717, 1.165) is 43.7 Å². The van der Waals surface area contributed by atoms with Crippen molar-refractivity contribution in [2.45, 2.75) is 33.1 Å². The van der Waals surface area contributed by atoms with Crippen molar-refractivity contribution in [2.24, 2.45) is 5.92 Å². The summed E-state index contributed by atoms with van der Waals surface area (Å²) in [6.07, 6.45) is 4.85. The van der Waals surface area contributed by atoms with Gasteiger partial charge in [-0.2, -0.15) is 5.10 Å². The summed E-state index contributed by atoms with van der Waals surface area (Å²) in [4.78, 5) is 19.5. The lowest BCUT2D eigenvalue weighted by Crippen LogP contribution is -2.39. The SMILES string of the molecule is Cc1cc(C)n2ncc(C(=O)N3CCC(Cc4ccccc4)CC3)c2n1. The number of amides is 1. The number of aromatic nitrogens is 3. The number of hydrogen-bond donors (Lipinski definition) is 0. The Bertz CT molecular complexity index is 924. The second kappa shape index (κ2) is 6.90. The molecule has 3 heterocycles. The molecular weight excluding hydrogens is 324 g/mol. The van der Waals surface area contributed by atoms with Crippen molar-refractivity contribution in [1.82, 2.24) is 19.5 Å². The number of carbonyl (C=O) groups excluding carboxylic acids is 1. The smallest absolute Gasteiger partial charge is 0.259 e. The van der Waals surface area contributed by atoms with Crippen molar-refractivity contribution in [3.8, 4) is 0 Å². The van der Waals surface area contributed by atoms with Crippen LogP contribution in [-0.2, 0) is 6.42 Å². The number of rotatable bonds is 3. The Morgan fingerprint density at radius 3 is 2.62 bits per heavy atom. The van der Waals surface area contributed by atoms with Crippen LogP contribution in [0, 0.1) is 19.8 Å². The molecule has 0 spiro atoms. The summed E-state index contributed by atoms with van der Waals surface area (Å²) in [5, 5.41) is 4.35. The maximum Gasteiger partial charge on any atom is 0.259 e. The lowest BCUT2D eigenvalue weighted by Gasteiger charge is -2.32. The third-order valence-corrected chi connectivity index (χ3v) is 5.28. The number of aryl methyl sites for hydroxylation is 2. The van der Waals surface area contributed by atoms with Crippen LogP contribution in [0.4, 0.5) is 0 Å². The molecule has 0 atom stereocenters. The van der Waals surface area contributed by atoms with E-state index in [1.165, 1.54) is 5.56 Å². The summed E-state index contributed by atoms with van der Waals surface area (Å²) < 4.78 is 1.75. The van der Waals surface area contributed by atoms with Crippen LogP contribution in [-0.4, -0.2) is 38.5 Å². The van der Waals surface area contributed by atoms with Crippen molar-refractivity contribution < 1.29 is 4.79 Å². The average molecular weight is 348 g/mol. The highest BCUT2D eigenvalue weighted by Crippen LogP contribution is 2.23. The maximum absolute atomic E-state index is 13.0. The van der Waals surface area contributed by atoms with Crippen LogP contribution in [0.1, 0.15) is 40.2 Å². The minimum atomic E-state index is 0.0515. The summed E-state index contributed by atoms with van der Waals surface area (Å²) in [5.74, 6) is 0.698. The standard InChI is InChI=1S/C21H24N4O/c1-15-12-16(2)25-20(23-15)19(14-22-25)21(26)24-10-8-18(9-11-24)13-17-6-4-3-5-7-17/h3-7,12,14,18H,8-11,13H2,1-2H3. The van der Waals surface area contributed by atoms with Crippen molar-refractivity contribution in [2.75, 3.05) is 13.1 Å². The van der Waals surface area contributed by atoms with Gasteiger partial charge in [0.25, 0.3) is 5.91 Å². The van der Waals surface area contributed by atoms with Gasteiger partial charge >= 0.3 is 0 Å². The molecule has 0 aliphatic carbocycles. The van der Waals surface area contributed by atoms with Crippen LogP contribution in [0.25, 0.3) is 5.65 Å². The van der Waals surface area contributed by atoms with Gasteiger partial charge in [-0.15, -0.1) is 0 Å². The van der Waals surface area contributed by atoms with Gasteiger partial charge in [-0.05, 0) is 50.7 Å². The predicted octanol–water partition coefficient (Wildman–Crippen LogP) is 3.44. The zero-order chi connectivity index (χ0) is 18.1. The van der Waals surface area contributed by atoms with Gasteiger partial charge in [0, 0.05) is 24.5 Å². The third kappa shape index (κ3) is 3.21. The normalized spacial score (nSPS) is 15.5. The van der Waals surface area contributed by atoms with Gasteiger partial charge in [0.1, 0.15) is 5.56 Å². The number of piperidine rings is 1. The van der Waals surface area contributed by atoms with Gasteiger partial charge in [0.2, 0.25) is 0 Å². The number of fused-ring (bicyclic) bond motifs is 1. The highest BCUT2D eigenvalue weighted by atomic mass is 16.2. The summed E-state index contributed by atoms with van der Waals surface area (Å²) in [6, 6.07) is 12.6. The van der Waals surface area contributed by atoms with Crippen molar-refractivity contribution in [3.63, 3.8) is 0 Å². The van der Waals surface area contributed by atoms with Gasteiger partial charge in [0.05, 0.1) is 6.20 Å². The summed E-state index contributed by atoms with van der Waals surface area (Å²) >= 11 is 0. The van der Waals surface area contributed by atoms with Crippen LogP contribution < -0.4 is 0 Å². The summed E-state index contributed by atoms with van der Waals surface area (Å²) in [7, 11) is 0. The van der Waals surface area contributed by atoms with E-state index >= 15 is 0 Å². The van der Waals surface area contributed by atoms with Gasteiger partial charge in [-0.3, -0.25) is 4.79 Å². The van der Waals surface area contributed by atoms with Gasteiger partial charge in [0.15, 0.2) is 5.65 Å². The van der Waals surface area contributed by atoms with E-state index in [0.29, 0.717) is 17.1 Å². The molecule has 1 aliphatic heterocycles. The molecule has 0 N–H and O–H groups in total. The van der Waals surface area contributed by atoms with Crippen molar-refractivity contribution in [3.05, 3.63) is 65.1 Å². The first-order chi connectivity index (χ1) is 12.6. The Morgan fingerprint density at radius 1 is 1.15 bits per heavy atom. The molecule has 1 amide bonds. The first kappa shape index (κ1) is 16.8. The fraction of sp³-hybridized carbons (Fsp3) is 0.381. The van der Waals surface area contributed by atoms with Crippen LogP contribution in [0.5, 0.6) is 0 Å². The van der Waals surface area contributed by atoms with Gasteiger partial charge in [-0.1, -0.05) is 30.3 Å². The molecule has 0 unspecified atom stereocenters. The topological polar surface area (TPSA) is 50.5 Å². The highest BCUT2D eigenvalue weighted by Gasteiger charge is 2.26. The molecule has 4 rings (SSSR count). The molecule has 0 radical (unpaired) electrons.